The minimum Gasteiger partial charge on any atom is -0.493 e. The highest BCUT2D eigenvalue weighted by Gasteiger charge is 2.29. The van der Waals surface area contributed by atoms with Gasteiger partial charge < -0.3 is 15.0 Å². The van der Waals surface area contributed by atoms with E-state index in [1.807, 2.05) is 30.3 Å². The molecule has 2 N–H and O–H groups in total. The van der Waals surface area contributed by atoms with Crippen molar-refractivity contribution in [3.63, 3.8) is 0 Å². The molecule has 0 saturated carbocycles. The van der Waals surface area contributed by atoms with Crippen LogP contribution in [-0.2, 0) is 19.6 Å². The predicted molar refractivity (Wildman–Crippen MR) is 113 cm³/mol. The lowest BCUT2D eigenvalue weighted by molar-refractivity contribution is -0.135. The number of anilines is 2. The molecule has 2 aromatic rings. The Bertz CT molecular complexity index is 980. The fourth-order valence-corrected chi connectivity index (χ4v) is 4.51. The molecule has 1 aromatic carbocycles. The van der Waals surface area contributed by atoms with Crippen LogP contribution >= 0.6 is 11.3 Å². The minimum absolute atomic E-state index is 0.0565. The normalized spacial score (nSPS) is 16.7. The van der Waals surface area contributed by atoms with Crippen molar-refractivity contribution in [1.29, 1.82) is 0 Å². The van der Waals surface area contributed by atoms with Crippen molar-refractivity contribution < 1.29 is 22.7 Å². The van der Waals surface area contributed by atoms with Crippen LogP contribution in [0.1, 0.15) is 19.3 Å². The van der Waals surface area contributed by atoms with Gasteiger partial charge in [0, 0.05) is 13.1 Å². The summed E-state index contributed by atoms with van der Waals surface area (Å²) in [5, 5.41) is 10.4. The standard InChI is InChI=1S/C18H23N5O5S2/c1-30(26,27)22-18-21-20-17(29-18)19-16(25)13-6-5-10-23(12-13)15(24)9-11-28-14-7-3-2-4-8-14/h2-4,7-8,13H,5-6,9-12H2,1H3,(H,21,22)(H,19,20,25). The quantitative estimate of drug-likeness (QED) is 0.620. The van der Waals surface area contributed by atoms with Crippen molar-refractivity contribution in [2.45, 2.75) is 19.3 Å². The van der Waals surface area contributed by atoms with E-state index >= 15 is 0 Å². The van der Waals surface area contributed by atoms with Gasteiger partial charge in [-0.2, -0.15) is 0 Å². The van der Waals surface area contributed by atoms with Gasteiger partial charge in [0.1, 0.15) is 5.75 Å². The van der Waals surface area contributed by atoms with Crippen LogP contribution in [0.5, 0.6) is 5.75 Å². The topological polar surface area (TPSA) is 131 Å². The number of piperidine rings is 1. The number of para-hydroxylation sites is 1. The van der Waals surface area contributed by atoms with E-state index in [1.165, 1.54) is 0 Å². The molecule has 3 rings (SSSR count). The highest BCUT2D eigenvalue weighted by atomic mass is 32.2. The molecule has 0 spiro atoms. The van der Waals surface area contributed by atoms with Crippen LogP contribution in [-0.4, -0.2) is 61.3 Å². The van der Waals surface area contributed by atoms with E-state index in [9.17, 15) is 18.0 Å². The van der Waals surface area contributed by atoms with E-state index in [4.69, 9.17) is 4.74 Å². The van der Waals surface area contributed by atoms with E-state index in [1.54, 1.807) is 4.90 Å². The summed E-state index contributed by atoms with van der Waals surface area (Å²) in [4.78, 5) is 26.7. The number of nitrogens with zero attached hydrogens (tertiary/aromatic N) is 3. The monoisotopic (exact) mass is 453 g/mol. The van der Waals surface area contributed by atoms with Crippen molar-refractivity contribution in [2.75, 3.05) is 36.0 Å². The smallest absolute Gasteiger partial charge is 0.231 e. The summed E-state index contributed by atoms with van der Waals surface area (Å²) in [5.41, 5.74) is 0. The molecule has 1 atom stereocenters. The van der Waals surface area contributed by atoms with Gasteiger partial charge in [-0.1, -0.05) is 29.5 Å². The zero-order chi connectivity index (χ0) is 21.6. The zero-order valence-corrected chi connectivity index (χ0v) is 18.0. The largest absolute Gasteiger partial charge is 0.493 e. The van der Waals surface area contributed by atoms with Gasteiger partial charge in [-0.3, -0.25) is 14.3 Å². The number of likely N-dealkylation sites (tertiary alicyclic amines) is 1. The van der Waals surface area contributed by atoms with Crippen molar-refractivity contribution in [2.24, 2.45) is 5.92 Å². The first kappa shape index (κ1) is 22.0. The Hall–Kier alpha value is -2.73. The van der Waals surface area contributed by atoms with Crippen LogP contribution in [0.4, 0.5) is 10.3 Å². The Kier molecular flexibility index (Phi) is 7.21. The van der Waals surface area contributed by atoms with E-state index in [0.717, 1.165) is 24.0 Å². The average Bonchev–Trinajstić information content (AvgIpc) is 3.13. The maximum Gasteiger partial charge on any atom is 0.231 e. The van der Waals surface area contributed by atoms with Gasteiger partial charge >= 0.3 is 0 Å². The molecule has 0 bridgehead atoms. The molecular formula is C18H23N5O5S2. The Labute approximate surface area is 178 Å². The van der Waals surface area contributed by atoms with Gasteiger partial charge in [0.15, 0.2) is 0 Å². The zero-order valence-electron chi connectivity index (χ0n) is 16.4. The lowest BCUT2D eigenvalue weighted by atomic mass is 9.97. The number of nitrogens with one attached hydrogen (secondary N) is 2. The summed E-state index contributed by atoms with van der Waals surface area (Å²) >= 11 is 0.927. The van der Waals surface area contributed by atoms with Crippen LogP contribution in [0.2, 0.25) is 0 Å². The fraction of sp³-hybridized carbons (Fsp3) is 0.444. The third-order valence-electron chi connectivity index (χ3n) is 4.40. The van der Waals surface area contributed by atoms with Crippen molar-refractivity contribution in [1.82, 2.24) is 15.1 Å². The van der Waals surface area contributed by atoms with E-state index in [-0.39, 0.29) is 41.0 Å². The van der Waals surface area contributed by atoms with Gasteiger partial charge in [-0.05, 0) is 25.0 Å². The molecule has 10 nitrogen and oxygen atoms in total. The lowest BCUT2D eigenvalue weighted by Gasteiger charge is -2.32. The molecule has 12 heteroatoms. The molecule has 162 valence electrons. The molecular weight excluding hydrogens is 430 g/mol. The van der Waals surface area contributed by atoms with Gasteiger partial charge in [0.25, 0.3) is 0 Å². The summed E-state index contributed by atoms with van der Waals surface area (Å²) in [6, 6.07) is 9.28. The number of hydrogen-bond acceptors (Lipinski definition) is 8. The van der Waals surface area contributed by atoms with Gasteiger partial charge in [0.2, 0.25) is 32.1 Å². The van der Waals surface area contributed by atoms with Crippen LogP contribution in [0.3, 0.4) is 0 Å². The second-order valence-corrected chi connectivity index (χ2v) is 9.59. The number of ether oxygens (including phenoxy) is 1. The van der Waals surface area contributed by atoms with Crippen LogP contribution in [0.15, 0.2) is 30.3 Å². The predicted octanol–water partition coefficient (Wildman–Crippen LogP) is 1.56. The first-order valence-electron chi connectivity index (χ1n) is 9.38. The number of amides is 2. The number of carbonyl (C=O) groups is 2. The number of benzene rings is 1. The van der Waals surface area contributed by atoms with Crippen molar-refractivity contribution in [3.05, 3.63) is 30.3 Å². The molecule has 0 aliphatic carbocycles. The maximum absolute atomic E-state index is 12.6. The molecule has 1 aromatic heterocycles. The van der Waals surface area contributed by atoms with Gasteiger partial charge in [-0.25, -0.2) is 8.42 Å². The van der Waals surface area contributed by atoms with E-state index < -0.39 is 10.0 Å². The third kappa shape index (κ3) is 6.66. The number of hydrogen-bond donors (Lipinski definition) is 2. The van der Waals surface area contributed by atoms with E-state index in [2.05, 4.69) is 20.2 Å². The van der Waals surface area contributed by atoms with Crippen molar-refractivity contribution >= 4 is 43.4 Å². The molecule has 0 radical (unpaired) electrons. The second kappa shape index (κ2) is 9.85. The molecule has 1 fully saturated rings. The first-order chi connectivity index (χ1) is 14.3. The second-order valence-electron chi connectivity index (χ2n) is 6.87. The molecule has 1 aliphatic heterocycles. The highest BCUT2D eigenvalue weighted by Crippen LogP contribution is 2.23. The SMILES string of the molecule is CS(=O)(=O)Nc1nnc(NC(=O)C2CCCN(C(=O)CCOc3ccccc3)C2)s1. The van der Waals surface area contributed by atoms with E-state index in [0.29, 0.717) is 25.3 Å². The molecule has 1 unspecified atom stereocenters. The lowest BCUT2D eigenvalue weighted by Crippen LogP contribution is -2.44. The Morgan fingerprint density at radius 3 is 2.70 bits per heavy atom. The number of sulfonamides is 1. The summed E-state index contributed by atoms with van der Waals surface area (Å²) in [7, 11) is -3.46. The molecule has 1 aliphatic rings. The summed E-state index contributed by atoms with van der Waals surface area (Å²) < 4.78 is 30.2. The summed E-state index contributed by atoms with van der Waals surface area (Å²) in [6.07, 6.45) is 2.62. The number of aromatic nitrogens is 2. The van der Waals surface area contributed by atoms with Crippen LogP contribution < -0.4 is 14.8 Å². The number of carbonyl (C=O) groups excluding carboxylic acids is 2. The molecule has 30 heavy (non-hydrogen) atoms. The summed E-state index contributed by atoms with van der Waals surface area (Å²) in [5.74, 6) is 0.0185. The maximum atomic E-state index is 12.6. The first-order valence-corrected chi connectivity index (χ1v) is 12.1. The Balaban J connectivity index is 1.47. The molecule has 2 amide bonds. The highest BCUT2D eigenvalue weighted by molar-refractivity contribution is 7.92. The molecule has 1 saturated heterocycles. The Morgan fingerprint density at radius 1 is 1.23 bits per heavy atom. The minimum atomic E-state index is -3.46. The van der Waals surface area contributed by atoms with Gasteiger partial charge in [0.05, 0.1) is 25.2 Å². The molecule has 2 heterocycles. The van der Waals surface area contributed by atoms with Gasteiger partial charge in [-0.15, -0.1) is 10.2 Å². The summed E-state index contributed by atoms with van der Waals surface area (Å²) in [6.45, 7) is 1.20. The van der Waals surface area contributed by atoms with Crippen LogP contribution in [0, 0.1) is 5.92 Å². The van der Waals surface area contributed by atoms with Crippen LogP contribution in [0.25, 0.3) is 0 Å². The third-order valence-corrected chi connectivity index (χ3v) is 5.85. The fourth-order valence-electron chi connectivity index (χ4n) is 3.03. The Morgan fingerprint density at radius 2 is 1.97 bits per heavy atom. The number of rotatable bonds is 8. The average molecular weight is 454 g/mol. The van der Waals surface area contributed by atoms with Crippen molar-refractivity contribution in [3.8, 4) is 5.75 Å².